The van der Waals surface area contributed by atoms with Crippen molar-refractivity contribution in [1.82, 2.24) is 15.1 Å². The zero-order valence-corrected chi connectivity index (χ0v) is 16.4. The first-order chi connectivity index (χ1) is 11.0. The van der Waals surface area contributed by atoms with E-state index in [0.717, 1.165) is 6.54 Å². The fraction of sp³-hybridized carbons (Fsp3) is 0.889. The maximum atomic E-state index is 12.3. The molecule has 0 aromatic carbocycles. The van der Waals surface area contributed by atoms with E-state index in [1.54, 1.807) is 4.90 Å². The quantitative estimate of drug-likeness (QED) is 0.806. The zero-order valence-electron chi connectivity index (χ0n) is 16.4. The Labute approximate surface area is 146 Å². The first-order valence-electron chi connectivity index (χ1n) is 9.02. The molecule has 6 heteroatoms. The Bertz CT molecular complexity index is 422. The van der Waals surface area contributed by atoms with E-state index in [1.807, 2.05) is 20.8 Å². The molecule has 1 heterocycles. The molecule has 0 aromatic rings. The number of hydrogen-bond acceptors (Lipinski definition) is 4. The molecule has 2 amide bonds. The van der Waals surface area contributed by atoms with Crippen LogP contribution < -0.4 is 5.32 Å². The number of nitrogens with one attached hydrogen (secondary N) is 1. The van der Waals surface area contributed by atoms with Gasteiger partial charge in [0, 0.05) is 38.3 Å². The molecule has 1 aliphatic rings. The van der Waals surface area contributed by atoms with Crippen molar-refractivity contribution in [3.63, 3.8) is 0 Å². The summed E-state index contributed by atoms with van der Waals surface area (Å²) in [5.74, 6) is -0.0995. The molecule has 0 spiro atoms. The van der Waals surface area contributed by atoms with Gasteiger partial charge < -0.3 is 15.0 Å². The predicted molar refractivity (Wildman–Crippen MR) is 95.9 cm³/mol. The molecule has 0 saturated carbocycles. The van der Waals surface area contributed by atoms with Gasteiger partial charge >= 0.3 is 6.09 Å². The molecule has 0 aromatic heterocycles. The minimum Gasteiger partial charge on any atom is -0.444 e. The smallest absolute Gasteiger partial charge is 0.410 e. The normalized spacial score (nSPS) is 18.6. The van der Waals surface area contributed by atoms with Crippen molar-refractivity contribution in [3.8, 4) is 0 Å². The molecule has 1 saturated heterocycles. The number of amides is 2. The van der Waals surface area contributed by atoms with E-state index >= 15 is 0 Å². The summed E-state index contributed by atoms with van der Waals surface area (Å²) in [6.07, 6.45) is 0.368. The van der Waals surface area contributed by atoms with E-state index in [9.17, 15) is 9.59 Å². The molecule has 1 rings (SSSR count). The van der Waals surface area contributed by atoms with Gasteiger partial charge in [0.15, 0.2) is 0 Å². The summed E-state index contributed by atoms with van der Waals surface area (Å²) < 4.78 is 5.36. The maximum absolute atomic E-state index is 12.3. The molecule has 24 heavy (non-hydrogen) atoms. The molecule has 0 bridgehead atoms. The third kappa shape index (κ3) is 6.67. The first-order valence-corrected chi connectivity index (χ1v) is 9.02. The van der Waals surface area contributed by atoms with E-state index in [0.29, 0.717) is 38.1 Å². The number of nitrogens with zero attached hydrogens (tertiary/aromatic N) is 2. The van der Waals surface area contributed by atoms with E-state index in [4.69, 9.17) is 4.74 Å². The Morgan fingerprint density at radius 2 is 1.79 bits per heavy atom. The second kappa shape index (κ2) is 8.70. The Balaban J connectivity index is 2.38. The van der Waals surface area contributed by atoms with Gasteiger partial charge in [-0.25, -0.2) is 4.79 Å². The van der Waals surface area contributed by atoms with Gasteiger partial charge in [0.25, 0.3) is 0 Å². The third-order valence-electron chi connectivity index (χ3n) is 4.21. The van der Waals surface area contributed by atoms with Crippen molar-refractivity contribution in [3.05, 3.63) is 0 Å². The van der Waals surface area contributed by atoms with Gasteiger partial charge in [-0.15, -0.1) is 0 Å². The topological polar surface area (TPSA) is 61.9 Å². The van der Waals surface area contributed by atoms with Gasteiger partial charge in [-0.2, -0.15) is 0 Å². The minimum absolute atomic E-state index is 0.0357. The molecule has 1 fully saturated rings. The van der Waals surface area contributed by atoms with Crippen LogP contribution in [0.1, 0.15) is 54.9 Å². The zero-order chi connectivity index (χ0) is 18.5. The van der Waals surface area contributed by atoms with Crippen molar-refractivity contribution in [1.29, 1.82) is 0 Å². The summed E-state index contributed by atoms with van der Waals surface area (Å²) in [5, 5.41) is 3.01. The molecule has 0 radical (unpaired) electrons. The average Bonchev–Trinajstić information content (AvgIpc) is 2.90. The lowest BCUT2D eigenvalue weighted by atomic mass is 10.1. The molecule has 1 unspecified atom stereocenters. The molecule has 140 valence electrons. The minimum atomic E-state index is -0.505. The van der Waals surface area contributed by atoms with Crippen molar-refractivity contribution in [2.75, 3.05) is 26.2 Å². The summed E-state index contributed by atoms with van der Waals surface area (Å²) in [6.45, 7) is 16.7. The van der Waals surface area contributed by atoms with Gasteiger partial charge in [0.1, 0.15) is 5.60 Å². The standard InChI is InChI=1S/C18H35N3O3/c1-13(2)21(14(3)4)11-9-19-16(22)15-8-10-20(12-15)17(23)24-18(5,6)7/h13-15H,8-12H2,1-7H3,(H,19,22). The molecule has 1 atom stereocenters. The SMILES string of the molecule is CC(C)N(CCNC(=O)C1CCN(C(=O)OC(C)(C)C)C1)C(C)C. The Morgan fingerprint density at radius 1 is 1.21 bits per heavy atom. The number of hydrogen-bond donors (Lipinski definition) is 1. The van der Waals surface area contributed by atoms with Crippen molar-refractivity contribution in [2.45, 2.75) is 72.6 Å². The van der Waals surface area contributed by atoms with Crippen molar-refractivity contribution >= 4 is 12.0 Å². The molecule has 0 aliphatic carbocycles. The van der Waals surface area contributed by atoms with Gasteiger partial charge in [0.05, 0.1) is 5.92 Å². The van der Waals surface area contributed by atoms with Gasteiger partial charge in [-0.1, -0.05) is 0 Å². The number of likely N-dealkylation sites (tertiary alicyclic amines) is 1. The van der Waals surface area contributed by atoms with Crippen LogP contribution in [0.2, 0.25) is 0 Å². The lowest BCUT2D eigenvalue weighted by Gasteiger charge is -2.30. The van der Waals surface area contributed by atoms with Crippen LogP contribution in [0.15, 0.2) is 0 Å². The van der Waals surface area contributed by atoms with Crippen molar-refractivity contribution < 1.29 is 14.3 Å². The number of ether oxygens (including phenoxy) is 1. The highest BCUT2D eigenvalue weighted by Gasteiger charge is 2.33. The van der Waals surface area contributed by atoms with Crippen LogP contribution in [-0.4, -0.2) is 65.7 Å². The molecule has 1 aliphatic heterocycles. The first kappa shape index (κ1) is 20.7. The maximum Gasteiger partial charge on any atom is 0.410 e. The Kier molecular flexibility index (Phi) is 7.52. The second-order valence-electron chi connectivity index (χ2n) is 8.13. The monoisotopic (exact) mass is 341 g/mol. The van der Waals surface area contributed by atoms with Crippen LogP contribution in [0.4, 0.5) is 4.79 Å². The number of carbonyl (C=O) groups is 2. The predicted octanol–water partition coefficient (Wildman–Crippen LogP) is 2.48. The Morgan fingerprint density at radius 3 is 2.29 bits per heavy atom. The molecular formula is C18H35N3O3. The molecular weight excluding hydrogens is 306 g/mol. The summed E-state index contributed by atoms with van der Waals surface area (Å²) in [6, 6.07) is 0.909. The lowest BCUT2D eigenvalue weighted by molar-refractivity contribution is -0.124. The lowest BCUT2D eigenvalue weighted by Crippen LogP contribution is -2.44. The van der Waals surface area contributed by atoms with Gasteiger partial charge in [-0.05, 0) is 54.9 Å². The highest BCUT2D eigenvalue weighted by atomic mass is 16.6. The highest BCUT2D eigenvalue weighted by Crippen LogP contribution is 2.19. The fourth-order valence-corrected chi connectivity index (χ4v) is 3.03. The fourth-order valence-electron chi connectivity index (χ4n) is 3.03. The summed E-state index contributed by atoms with van der Waals surface area (Å²) in [4.78, 5) is 28.3. The summed E-state index contributed by atoms with van der Waals surface area (Å²) in [7, 11) is 0. The second-order valence-corrected chi connectivity index (χ2v) is 8.13. The Hall–Kier alpha value is -1.30. The molecule has 6 nitrogen and oxygen atoms in total. The molecule has 1 N–H and O–H groups in total. The number of carbonyl (C=O) groups excluding carboxylic acids is 2. The summed E-state index contributed by atoms with van der Waals surface area (Å²) >= 11 is 0. The van der Waals surface area contributed by atoms with Crippen LogP contribution in [0, 0.1) is 5.92 Å². The van der Waals surface area contributed by atoms with Crippen LogP contribution in [0.25, 0.3) is 0 Å². The largest absolute Gasteiger partial charge is 0.444 e. The van der Waals surface area contributed by atoms with E-state index in [-0.39, 0.29) is 17.9 Å². The summed E-state index contributed by atoms with van der Waals surface area (Å²) in [5.41, 5.74) is -0.505. The third-order valence-corrected chi connectivity index (χ3v) is 4.21. The van der Waals surface area contributed by atoms with E-state index in [2.05, 4.69) is 37.9 Å². The van der Waals surface area contributed by atoms with E-state index < -0.39 is 5.60 Å². The number of rotatable bonds is 6. The van der Waals surface area contributed by atoms with Gasteiger partial charge in [0.2, 0.25) is 5.91 Å². The van der Waals surface area contributed by atoms with Crippen LogP contribution >= 0.6 is 0 Å². The van der Waals surface area contributed by atoms with Crippen LogP contribution in [0.5, 0.6) is 0 Å². The highest BCUT2D eigenvalue weighted by molar-refractivity contribution is 5.80. The van der Waals surface area contributed by atoms with Crippen LogP contribution in [-0.2, 0) is 9.53 Å². The van der Waals surface area contributed by atoms with E-state index in [1.165, 1.54) is 0 Å². The van der Waals surface area contributed by atoms with Crippen molar-refractivity contribution in [2.24, 2.45) is 5.92 Å². The van der Waals surface area contributed by atoms with Crippen LogP contribution in [0.3, 0.4) is 0 Å². The van der Waals surface area contributed by atoms with Gasteiger partial charge in [-0.3, -0.25) is 9.69 Å². The average molecular weight is 341 g/mol.